The topological polar surface area (TPSA) is 125 Å². The largest absolute Gasteiger partial charge is 0.383 e. The molecule has 10 heteroatoms. The van der Waals surface area contributed by atoms with Gasteiger partial charge in [0, 0.05) is 12.1 Å². The lowest BCUT2D eigenvalue weighted by Crippen LogP contribution is -2.24. The summed E-state index contributed by atoms with van der Waals surface area (Å²) < 4.78 is 26.9. The Hall–Kier alpha value is -3.53. The lowest BCUT2D eigenvalue weighted by molar-refractivity contribution is 0.112. The molecular weight excluding hydrogens is 416 g/mol. The number of nitrogens with two attached hydrogens (primary N) is 1. The molecule has 2 N–H and O–H groups in total. The summed E-state index contributed by atoms with van der Waals surface area (Å²) in [7, 11) is -3.04. The highest BCUT2D eigenvalue weighted by Crippen LogP contribution is 2.34. The number of para-hydroxylation sites is 1. The monoisotopic (exact) mass is 436 g/mol. The van der Waals surface area contributed by atoms with E-state index in [1.54, 1.807) is 10.9 Å². The zero-order valence-electron chi connectivity index (χ0n) is 16.5. The first-order valence-electron chi connectivity index (χ1n) is 9.91. The number of hydrogen-bond acceptors (Lipinski definition) is 7. The van der Waals surface area contributed by atoms with Gasteiger partial charge in [0.15, 0.2) is 11.9 Å². The van der Waals surface area contributed by atoms with Gasteiger partial charge in [-0.25, -0.2) is 18.1 Å². The maximum absolute atomic E-state index is 11.8. The Labute approximate surface area is 178 Å². The van der Waals surface area contributed by atoms with E-state index in [-0.39, 0.29) is 28.8 Å². The van der Waals surface area contributed by atoms with E-state index in [1.165, 1.54) is 4.52 Å². The first-order valence-corrected chi connectivity index (χ1v) is 11.7. The fourth-order valence-corrected chi connectivity index (χ4v) is 5.51. The predicted octanol–water partition coefficient (Wildman–Crippen LogP) is 2.27. The molecule has 4 aromatic rings. The lowest BCUT2D eigenvalue weighted by atomic mass is 9.95. The van der Waals surface area contributed by atoms with Gasteiger partial charge < -0.3 is 5.73 Å². The first-order chi connectivity index (χ1) is 15.0. The standard InChI is InChI=1S/C21H20N6O3S/c22-20-17(13-28)19(14-7-10-31(29,30)11-8-14)24-21-16(12-23-27(20)21)18-6-9-26(25-18)15-4-2-1-3-5-15/h1-6,9,12-14H,7-8,10-11,22H2. The number of aromatic nitrogens is 5. The summed E-state index contributed by atoms with van der Waals surface area (Å²) in [6.07, 6.45) is 4.98. The van der Waals surface area contributed by atoms with E-state index in [9.17, 15) is 13.2 Å². The average Bonchev–Trinajstić information content (AvgIpc) is 3.41. The van der Waals surface area contributed by atoms with Gasteiger partial charge in [0.05, 0.1) is 45.9 Å². The van der Waals surface area contributed by atoms with Crippen LogP contribution < -0.4 is 5.73 Å². The van der Waals surface area contributed by atoms with Crippen LogP contribution in [0.5, 0.6) is 0 Å². The molecule has 0 amide bonds. The maximum atomic E-state index is 11.8. The van der Waals surface area contributed by atoms with Crippen LogP contribution in [0.15, 0.2) is 48.8 Å². The van der Waals surface area contributed by atoms with Crippen LogP contribution in [0.1, 0.15) is 34.8 Å². The molecule has 31 heavy (non-hydrogen) atoms. The van der Waals surface area contributed by atoms with Crippen molar-refractivity contribution in [1.82, 2.24) is 24.4 Å². The van der Waals surface area contributed by atoms with Gasteiger partial charge in [-0.3, -0.25) is 4.79 Å². The van der Waals surface area contributed by atoms with Crippen molar-refractivity contribution in [3.63, 3.8) is 0 Å². The SMILES string of the molecule is Nc1c(C=O)c(C2CCS(=O)(=O)CC2)nc2c(-c3ccn(-c4ccccc4)n3)cnn12. The number of carbonyl (C=O) groups is 1. The third kappa shape index (κ3) is 3.38. The molecule has 0 unspecified atom stereocenters. The molecule has 9 nitrogen and oxygen atoms in total. The summed E-state index contributed by atoms with van der Waals surface area (Å²) in [5.74, 6) is 0.199. The Kier molecular flexibility index (Phi) is 4.58. The molecule has 1 saturated heterocycles. The molecule has 0 radical (unpaired) electrons. The van der Waals surface area contributed by atoms with Crippen LogP contribution >= 0.6 is 0 Å². The molecule has 1 fully saturated rings. The van der Waals surface area contributed by atoms with Crippen molar-refractivity contribution in [3.8, 4) is 16.9 Å². The number of fused-ring (bicyclic) bond motifs is 1. The molecule has 1 aromatic carbocycles. The Balaban J connectivity index is 1.61. The number of carbonyl (C=O) groups excluding carboxylic acids is 1. The molecule has 4 heterocycles. The van der Waals surface area contributed by atoms with Gasteiger partial charge in [0.1, 0.15) is 15.7 Å². The first kappa shape index (κ1) is 19.4. The van der Waals surface area contributed by atoms with Crippen molar-refractivity contribution < 1.29 is 13.2 Å². The van der Waals surface area contributed by atoms with Crippen LogP contribution in [0.4, 0.5) is 5.82 Å². The second-order valence-electron chi connectivity index (χ2n) is 7.61. The Morgan fingerprint density at radius 1 is 1.10 bits per heavy atom. The molecule has 0 aliphatic carbocycles. The number of hydrogen-bond donors (Lipinski definition) is 1. The Morgan fingerprint density at radius 3 is 2.55 bits per heavy atom. The van der Waals surface area contributed by atoms with E-state index in [2.05, 4.69) is 10.2 Å². The zero-order valence-corrected chi connectivity index (χ0v) is 17.4. The van der Waals surface area contributed by atoms with Crippen LogP contribution in [0, 0.1) is 0 Å². The summed E-state index contributed by atoms with van der Waals surface area (Å²) in [6, 6.07) is 11.6. The minimum absolute atomic E-state index is 0.0797. The van der Waals surface area contributed by atoms with Gasteiger partial charge in [0.25, 0.3) is 0 Å². The van der Waals surface area contributed by atoms with E-state index in [1.807, 2.05) is 42.6 Å². The van der Waals surface area contributed by atoms with Gasteiger partial charge in [-0.1, -0.05) is 18.2 Å². The number of nitrogens with zero attached hydrogens (tertiary/aromatic N) is 5. The number of aldehydes is 1. The van der Waals surface area contributed by atoms with Gasteiger partial charge in [-0.05, 0) is 31.0 Å². The van der Waals surface area contributed by atoms with E-state index < -0.39 is 9.84 Å². The Bertz CT molecular complexity index is 1380. The summed E-state index contributed by atoms with van der Waals surface area (Å²) in [5.41, 5.74) is 9.82. The molecule has 1 aliphatic rings. The van der Waals surface area contributed by atoms with Gasteiger partial charge in [-0.15, -0.1) is 0 Å². The molecule has 0 atom stereocenters. The molecule has 158 valence electrons. The van der Waals surface area contributed by atoms with E-state index in [0.29, 0.717) is 41.7 Å². The summed E-state index contributed by atoms with van der Waals surface area (Å²) in [5, 5.41) is 8.96. The second kappa shape index (κ2) is 7.31. The number of anilines is 1. The summed E-state index contributed by atoms with van der Waals surface area (Å²) in [4.78, 5) is 16.5. The van der Waals surface area contributed by atoms with Crippen molar-refractivity contribution >= 4 is 27.6 Å². The van der Waals surface area contributed by atoms with Crippen molar-refractivity contribution in [3.05, 3.63) is 60.0 Å². The average molecular weight is 436 g/mol. The lowest BCUT2D eigenvalue weighted by Gasteiger charge is -2.23. The fraction of sp³-hybridized carbons (Fsp3) is 0.238. The van der Waals surface area contributed by atoms with Crippen LogP contribution in [-0.2, 0) is 9.84 Å². The number of rotatable bonds is 4. The zero-order chi connectivity index (χ0) is 21.6. The van der Waals surface area contributed by atoms with Crippen LogP contribution in [0.3, 0.4) is 0 Å². The molecule has 0 saturated carbocycles. The van der Waals surface area contributed by atoms with Crippen molar-refractivity contribution in [1.29, 1.82) is 0 Å². The highest BCUT2D eigenvalue weighted by atomic mass is 32.2. The highest BCUT2D eigenvalue weighted by Gasteiger charge is 2.29. The number of sulfone groups is 1. The van der Waals surface area contributed by atoms with Crippen molar-refractivity contribution in [2.45, 2.75) is 18.8 Å². The maximum Gasteiger partial charge on any atom is 0.167 e. The summed E-state index contributed by atoms with van der Waals surface area (Å²) >= 11 is 0. The molecular formula is C21H20N6O3S. The van der Waals surface area contributed by atoms with E-state index in [4.69, 9.17) is 10.7 Å². The van der Waals surface area contributed by atoms with E-state index >= 15 is 0 Å². The quantitative estimate of drug-likeness (QED) is 0.486. The molecule has 0 spiro atoms. The van der Waals surface area contributed by atoms with Crippen molar-refractivity contribution in [2.75, 3.05) is 17.2 Å². The molecule has 1 aliphatic heterocycles. The van der Waals surface area contributed by atoms with Crippen molar-refractivity contribution in [2.24, 2.45) is 0 Å². The summed E-state index contributed by atoms with van der Waals surface area (Å²) in [6.45, 7) is 0. The van der Waals surface area contributed by atoms with Gasteiger partial charge >= 0.3 is 0 Å². The van der Waals surface area contributed by atoms with E-state index in [0.717, 1.165) is 5.69 Å². The Morgan fingerprint density at radius 2 is 1.84 bits per heavy atom. The third-order valence-corrected chi connectivity index (χ3v) is 7.41. The van der Waals surface area contributed by atoms with Gasteiger partial charge in [-0.2, -0.15) is 14.7 Å². The molecule has 0 bridgehead atoms. The minimum atomic E-state index is -3.04. The smallest absolute Gasteiger partial charge is 0.167 e. The second-order valence-corrected chi connectivity index (χ2v) is 9.92. The van der Waals surface area contributed by atoms with Crippen LogP contribution in [0.25, 0.3) is 22.6 Å². The molecule has 3 aromatic heterocycles. The fourth-order valence-electron chi connectivity index (χ4n) is 4.01. The third-order valence-electron chi connectivity index (χ3n) is 5.70. The van der Waals surface area contributed by atoms with Gasteiger partial charge in [0.2, 0.25) is 0 Å². The minimum Gasteiger partial charge on any atom is -0.383 e. The normalized spacial score (nSPS) is 16.5. The molecule has 5 rings (SSSR count). The number of nitrogen functional groups attached to an aromatic ring is 1. The predicted molar refractivity (Wildman–Crippen MR) is 116 cm³/mol. The number of benzene rings is 1. The highest BCUT2D eigenvalue weighted by molar-refractivity contribution is 7.91. The van der Waals surface area contributed by atoms with Crippen LogP contribution in [-0.4, -0.2) is 50.6 Å². The van der Waals surface area contributed by atoms with Crippen LogP contribution in [0.2, 0.25) is 0 Å².